The summed E-state index contributed by atoms with van der Waals surface area (Å²) in [7, 11) is 1.33. The number of benzene rings is 1. The molecule has 2 aromatic heterocycles. The van der Waals surface area contributed by atoms with Gasteiger partial charge >= 0.3 is 140 Å². The van der Waals surface area contributed by atoms with Crippen molar-refractivity contribution in [1.29, 1.82) is 0 Å². The maximum atomic E-state index is 15.0. The Kier molecular flexibility index (Phi) is 54.3. The van der Waals surface area contributed by atoms with Gasteiger partial charge in [0.1, 0.15) is 36.3 Å². The number of nitrogens with zero attached hydrogens (tertiary/aromatic N) is 7. The number of nitrogens with one attached hydrogen (secondary N) is 11. The number of fused-ring (bicyclic) bond motifs is 1. The van der Waals surface area contributed by atoms with Gasteiger partial charge in [-0.2, -0.15) is 0 Å². The van der Waals surface area contributed by atoms with Gasteiger partial charge < -0.3 is 126 Å². The normalized spacial score (nSPS) is 12.7. The van der Waals surface area contributed by atoms with Crippen molar-refractivity contribution in [2.24, 2.45) is 5.73 Å². The molecule has 50 nitrogen and oxygen atoms in total. The summed E-state index contributed by atoms with van der Waals surface area (Å²) in [4.78, 5) is 261. The van der Waals surface area contributed by atoms with Crippen molar-refractivity contribution in [1.82, 2.24) is 92.2 Å². The van der Waals surface area contributed by atoms with Gasteiger partial charge in [0.15, 0.2) is 0 Å². The minimum atomic E-state index is -2.19. The Balaban J connectivity index is 0. The number of carboxylic acids is 10. The van der Waals surface area contributed by atoms with E-state index in [1.807, 2.05) is 0 Å². The van der Waals surface area contributed by atoms with E-state index in [1.54, 1.807) is 37.4 Å². The fourth-order valence-corrected chi connectivity index (χ4v) is 11.5. The average molecular weight is 1970 g/mol. The first kappa shape index (κ1) is 110. The first-order valence-corrected chi connectivity index (χ1v) is 35.1. The quantitative estimate of drug-likeness (QED) is 0.0249. The molecule has 0 fully saturated rings. The molecule has 7 atom stereocenters. The molecule has 2 unspecified atom stereocenters. The Morgan fingerprint density at radius 1 is 0.458 bits per heavy atom. The summed E-state index contributed by atoms with van der Waals surface area (Å²) >= 11 is 0. The summed E-state index contributed by atoms with van der Waals surface area (Å²) < 4.78 is 0. The zero-order valence-electron chi connectivity index (χ0n) is 63.8. The maximum Gasteiger partial charge on any atom is 3.00 e. The predicted molar refractivity (Wildman–Crippen MR) is 395 cm³/mol. The van der Waals surface area contributed by atoms with E-state index in [4.69, 9.17) is 5.73 Å². The molecule has 0 aliphatic heterocycles. The Bertz CT molecular complexity index is 3800. The molecule has 3 aromatic rings. The Morgan fingerprint density at radius 2 is 0.890 bits per heavy atom. The minimum absolute atomic E-state index is 0. The Labute approximate surface area is 735 Å². The number of aromatic nitrogens is 3. The third kappa shape index (κ3) is 44.7. The van der Waals surface area contributed by atoms with E-state index in [0.717, 1.165) is 24.5 Å². The third-order valence-corrected chi connectivity index (χ3v) is 16.7. The van der Waals surface area contributed by atoms with Crippen LogP contribution in [0.15, 0.2) is 43.0 Å². The van der Waals surface area contributed by atoms with Crippen molar-refractivity contribution < 1.29 is 233 Å². The summed E-state index contributed by atoms with van der Waals surface area (Å²) in [5, 5.41) is 121. The second kappa shape index (κ2) is 58.1. The van der Waals surface area contributed by atoms with E-state index in [2.05, 4.69) is 62.8 Å². The molecule has 0 saturated carbocycles. The van der Waals surface area contributed by atoms with Gasteiger partial charge in [-0.1, -0.05) is 25.1 Å². The second-order valence-electron chi connectivity index (χ2n) is 25.9. The summed E-state index contributed by atoms with van der Waals surface area (Å²) in [6.45, 7) is -15.5. The van der Waals surface area contributed by atoms with Crippen LogP contribution in [0.1, 0.15) is 50.3 Å². The van der Waals surface area contributed by atoms with E-state index in [1.165, 1.54) is 19.6 Å². The molecule has 2 radical (unpaired) electrons. The number of para-hydroxylation sites is 1. The zero-order valence-corrected chi connectivity index (χ0v) is 68.4. The third-order valence-electron chi connectivity index (χ3n) is 16.7. The van der Waals surface area contributed by atoms with Crippen LogP contribution in [0.2, 0.25) is 0 Å². The largest absolute Gasteiger partial charge is 3.00 e. The molecule has 118 heavy (non-hydrogen) atoms. The van der Waals surface area contributed by atoms with Gasteiger partial charge in [-0.05, 0) is 30.9 Å². The fraction of sp³-hybridized carbons (Fsp3) is 0.545. The molecule has 0 bridgehead atoms. The number of rotatable bonds is 61. The number of primary amides is 1. The molecule has 9 amide bonds. The standard InChI is InChI=1S/C66H97N19O29.2Gd.2H2O/c1-3-12-71-62(110)42(9-11-49(87)73-23-50(88)75-43(8-10-48(67)86)63(111)77-44(17-37-19-72-41-7-5-4-6-40(37)41)64(112)78-45(61(109)68-2)18-38-20-70-36-74-38)76-65(113)46(22-69-21-39(84(32-57(101)102)33-58(103)104)24-80(26-51(89)90)13-15-82(28-53(93)94)29-54(95)96)79-66(114)47(85(34-59(105)106)35-60(107)108)25-81(27-52(91)92)14-16-83(30-55(97)98)31-56(99)100;;;;/h4-7,19-20,36,39,42-47,69,72H,3,8-18,21-35H2,1-2H3,(H2,67,86)(H,68,109)(H,70,74)(H,71,110)(H,73,87)(H,75,88)(H,76,113)(H,77,111)(H,78,112)(H,79,114)(H,89,90)(H,91,92)(H,93,94)(H,95,96)(H,97,98)(H,99,100)(H,101,102)(H,103,104)(H,105,106)(H,107,108);;;2*1H2/q;2*+3;;/t39-,42-,43-,44?,45-,46?,47+;;;;/m0..../s1. The van der Waals surface area contributed by atoms with Crippen LogP contribution in [-0.4, -0.2) is 399 Å². The van der Waals surface area contributed by atoms with E-state index in [0.29, 0.717) is 27.1 Å². The van der Waals surface area contributed by atoms with Crippen LogP contribution in [-0.2, 0) is 104 Å². The van der Waals surface area contributed by atoms with E-state index >= 15 is 9.59 Å². The van der Waals surface area contributed by atoms with Crippen molar-refractivity contribution in [3.05, 3.63) is 54.2 Å². The van der Waals surface area contributed by atoms with Crippen molar-refractivity contribution in [2.75, 3.05) is 138 Å². The number of aliphatic carboxylic acids is 10. The first-order chi connectivity index (χ1) is 53.7. The molecular weight excluding hydrogens is 1870 g/mol. The van der Waals surface area contributed by atoms with Crippen LogP contribution in [0.4, 0.5) is 0 Å². The van der Waals surface area contributed by atoms with Gasteiger partial charge in [0.2, 0.25) is 53.2 Å². The molecule has 0 saturated heterocycles. The van der Waals surface area contributed by atoms with Crippen molar-refractivity contribution in [3.63, 3.8) is 0 Å². The molecule has 27 N–H and O–H groups in total. The van der Waals surface area contributed by atoms with Crippen LogP contribution >= 0.6 is 0 Å². The molecule has 656 valence electrons. The van der Waals surface area contributed by atoms with Crippen molar-refractivity contribution in [3.8, 4) is 0 Å². The predicted octanol–water partition coefficient (Wildman–Crippen LogP) is -11.1. The van der Waals surface area contributed by atoms with E-state index in [9.17, 15) is 133 Å². The molecule has 0 aliphatic rings. The summed E-state index contributed by atoms with van der Waals surface area (Å²) in [6.07, 6.45) is 1.89. The smallest absolute Gasteiger partial charge is 0.480 e. The number of carboxylic acid groups (broad SMARTS) is 10. The van der Waals surface area contributed by atoms with Gasteiger partial charge in [0.25, 0.3) is 0 Å². The number of nitrogens with two attached hydrogens (primary N) is 1. The zero-order chi connectivity index (χ0) is 85.3. The van der Waals surface area contributed by atoms with Crippen molar-refractivity contribution >= 4 is 124 Å². The number of amides is 9. The molecule has 1 aromatic carbocycles. The molecule has 3 rings (SSSR count). The molecule has 2 heterocycles. The molecule has 52 heteroatoms. The van der Waals surface area contributed by atoms with Crippen LogP contribution < -0.4 is 53.6 Å². The number of aromatic amines is 2. The van der Waals surface area contributed by atoms with Crippen LogP contribution in [0.25, 0.3) is 10.9 Å². The Hall–Kier alpha value is -9.81. The van der Waals surface area contributed by atoms with E-state index in [-0.39, 0.29) is 117 Å². The molecule has 0 spiro atoms. The first-order valence-electron chi connectivity index (χ1n) is 35.1. The van der Waals surface area contributed by atoms with Gasteiger partial charge in [-0.15, -0.1) is 0 Å². The van der Waals surface area contributed by atoms with Gasteiger partial charge in [0.05, 0.1) is 78.3 Å². The van der Waals surface area contributed by atoms with Gasteiger partial charge in [-0.25, -0.2) is 4.98 Å². The summed E-state index contributed by atoms with van der Waals surface area (Å²) in [5.41, 5.74) is 7.09. The number of hydrogen-bond acceptors (Lipinski definition) is 27. The maximum absolute atomic E-state index is 15.0. The fourth-order valence-electron chi connectivity index (χ4n) is 11.5. The number of carbonyl (C=O) groups excluding carboxylic acids is 9. The number of likely N-dealkylation sites (N-methyl/N-ethyl adjacent to an activating group) is 1. The monoisotopic (exact) mass is 1970 g/mol. The van der Waals surface area contributed by atoms with Crippen LogP contribution in [0.5, 0.6) is 0 Å². The van der Waals surface area contributed by atoms with Crippen LogP contribution in [0.3, 0.4) is 0 Å². The number of imidazole rings is 1. The van der Waals surface area contributed by atoms with Crippen molar-refractivity contribution in [2.45, 2.75) is 94.2 Å². The van der Waals surface area contributed by atoms with Gasteiger partial charge in [0, 0.05) is 127 Å². The summed E-state index contributed by atoms with van der Waals surface area (Å²) in [5.74, 6) is -25.7. The minimum Gasteiger partial charge on any atom is -0.480 e. The average Bonchev–Trinajstić information content (AvgIpc) is 1.63. The molecular formula is C66H101Gd2N19O31+6. The SMILES string of the molecule is CCCNC(=O)[C@H](CCC(=O)NCC(=O)N[C@@H](CCC(N)=O)C(=O)NC(Cc1c[nH]c2ccccc12)C(=O)N[C@@H](Cc1cnc[nH]1)C(=O)NC)NC(=O)C(CNC[C@@H](CN(CCN(CC(=O)O)CC(=O)O)CC(=O)O)N(CC(=O)O)CC(=O)O)NC(=O)[C@@H](CN(CCN(CC(=O)O)CC(=O)O)CC(=O)O)N(CC(=O)O)CC(=O)O.O.O.[Gd+3].[Gd+3]. The van der Waals surface area contributed by atoms with Crippen LogP contribution in [0, 0.1) is 79.9 Å². The number of H-pyrrole nitrogens is 2. The van der Waals surface area contributed by atoms with Gasteiger partial charge in [-0.3, -0.25) is 120 Å². The Morgan fingerprint density at radius 3 is 1.37 bits per heavy atom. The summed E-state index contributed by atoms with van der Waals surface area (Å²) in [6, 6.07) is -5.12. The number of hydrogen-bond donors (Lipinski definition) is 22. The molecule has 0 aliphatic carbocycles. The van der Waals surface area contributed by atoms with E-state index < -0.39 is 305 Å². The number of carbonyl (C=O) groups is 19. The topological polar surface area (TPSA) is 788 Å². The second-order valence-corrected chi connectivity index (χ2v) is 25.9.